The van der Waals surface area contributed by atoms with E-state index in [-0.39, 0.29) is 6.04 Å². The Kier molecular flexibility index (Phi) is 5.63. The van der Waals surface area contributed by atoms with Crippen LogP contribution < -0.4 is 15.9 Å². The van der Waals surface area contributed by atoms with Crippen LogP contribution in [0.15, 0.2) is 126 Å². The van der Waals surface area contributed by atoms with Crippen LogP contribution in [-0.2, 0) is 4.74 Å². The standard InChI is InChI=1S/C30H23N2OP/c1-4-11-22(12-5-1)27-21-33-30(32-27)26-20-19-23-13-10-18-28(29(23)31-26)34(24-14-6-2-7-15-24)25-16-8-3-9-17-25/h1-20,27H,21H2/t27-/m1/s1. The molecule has 4 aromatic carbocycles. The SMILES string of the molecule is c1ccc([C@H]2COC(c3ccc4cccc(P(c5ccccc5)c5ccccc5)c4n3)=N2)cc1. The van der Waals surface area contributed by atoms with Crippen molar-refractivity contribution in [3.8, 4) is 0 Å². The van der Waals surface area contributed by atoms with Gasteiger partial charge >= 0.3 is 0 Å². The van der Waals surface area contributed by atoms with Gasteiger partial charge in [-0.2, -0.15) is 0 Å². The molecule has 1 atom stereocenters. The third-order valence-electron chi connectivity index (χ3n) is 6.02. The Hall–Kier alpha value is -3.81. The number of aromatic nitrogens is 1. The molecular formula is C30H23N2OP. The summed E-state index contributed by atoms with van der Waals surface area (Å²) in [4.78, 5) is 9.98. The van der Waals surface area contributed by atoms with Crippen molar-refractivity contribution >= 4 is 40.6 Å². The summed E-state index contributed by atoms with van der Waals surface area (Å²) >= 11 is 0. The predicted molar refractivity (Wildman–Crippen MR) is 142 cm³/mol. The highest BCUT2D eigenvalue weighted by Gasteiger charge is 2.24. The predicted octanol–water partition coefficient (Wildman–Crippen LogP) is 5.51. The molecule has 4 heteroatoms. The quantitative estimate of drug-likeness (QED) is 0.326. The van der Waals surface area contributed by atoms with Crippen LogP contribution in [0.2, 0.25) is 0 Å². The van der Waals surface area contributed by atoms with Gasteiger partial charge in [0, 0.05) is 10.7 Å². The lowest BCUT2D eigenvalue weighted by Crippen LogP contribution is -2.22. The van der Waals surface area contributed by atoms with E-state index in [1.165, 1.54) is 15.9 Å². The molecule has 0 amide bonds. The van der Waals surface area contributed by atoms with Gasteiger partial charge in [0.1, 0.15) is 18.3 Å². The third kappa shape index (κ3) is 4.00. The molecular weight excluding hydrogens is 435 g/mol. The summed E-state index contributed by atoms with van der Waals surface area (Å²) in [5, 5.41) is 4.98. The molecule has 0 saturated heterocycles. The normalized spacial score (nSPS) is 15.3. The first-order valence-corrected chi connectivity index (χ1v) is 12.8. The van der Waals surface area contributed by atoms with Crippen molar-refractivity contribution in [2.75, 3.05) is 6.61 Å². The number of hydrogen-bond acceptors (Lipinski definition) is 3. The van der Waals surface area contributed by atoms with Crippen molar-refractivity contribution in [2.24, 2.45) is 4.99 Å². The fourth-order valence-corrected chi connectivity index (χ4v) is 6.79. The van der Waals surface area contributed by atoms with Gasteiger partial charge < -0.3 is 4.74 Å². The highest BCUT2D eigenvalue weighted by atomic mass is 31.1. The van der Waals surface area contributed by atoms with Crippen molar-refractivity contribution in [1.29, 1.82) is 0 Å². The molecule has 0 saturated carbocycles. The zero-order valence-electron chi connectivity index (χ0n) is 18.6. The summed E-state index contributed by atoms with van der Waals surface area (Å²) in [6, 6.07) is 42.4. The van der Waals surface area contributed by atoms with Gasteiger partial charge in [0.15, 0.2) is 0 Å². The average molecular weight is 459 g/mol. The van der Waals surface area contributed by atoms with E-state index in [2.05, 4.69) is 97.1 Å². The average Bonchev–Trinajstić information content (AvgIpc) is 3.41. The van der Waals surface area contributed by atoms with Gasteiger partial charge in [-0.05, 0) is 30.2 Å². The number of nitrogens with zero attached hydrogens (tertiary/aromatic N) is 2. The summed E-state index contributed by atoms with van der Waals surface area (Å²) in [7, 11) is -0.758. The minimum absolute atomic E-state index is 0.00898. The van der Waals surface area contributed by atoms with Crippen LogP contribution in [0.25, 0.3) is 10.9 Å². The Morgan fingerprint density at radius 2 is 1.29 bits per heavy atom. The van der Waals surface area contributed by atoms with E-state index in [0.29, 0.717) is 12.5 Å². The van der Waals surface area contributed by atoms with Gasteiger partial charge in [0.05, 0.1) is 5.52 Å². The summed E-state index contributed by atoms with van der Waals surface area (Å²) in [5.41, 5.74) is 2.96. The molecule has 6 rings (SSSR count). The molecule has 0 unspecified atom stereocenters. The molecule has 0 fully saturated rings. The molecule has 0 aliphatic carbocycles. The molecule has 5 aromatic rings. The smallest absolute Gasteiger partial charge is 0.236 e. The Bertz CT molecular complexity index is 1410. The van der Waals surface area contributed by atoms with E-state index in [1.54, 1.807) is 0 Å². The Morgan fingerprint density at radius 1 is 0.647 bits per heavy atom. The lowest BCUT2D eigenvalue weighted by molar-refractivity contribution is 0.319. The number of para-hydroxylation sites is 1. The summed E-state index contributed by atoms with van der Waals surface area (Å²) < 4.78 is 6.02. The number of pyridine rings is 1. The number of fused-ring (bicyclic) bond motifs is 1. The van der Waals surface area contributed by atoms with E-state index < -0.39 is 7.92 Å². The minimum Gasteiger partial charge on any atom is -0.474 e. The topological polar surface area (TPSA) is 34.5 Å². The van der Waals surface area contributed by atoms with Crippen molar-refractivity contribution in [3.63, 3.8) is 0 Å². The van der Waals surface area contributed by atoms with Gasteiger partial charge in [-0.3, -0.25) is 0 Å². The Labute approximate surface area is 200 Å². The number of hydrogen-bond donors (Lipinski definition) is 0. The zero-order chi connectivity index (χ0) is 22.7. The second-order valence-corrected chi connectivity index (χ2v) is 10.4. The zero-order valence-corrected chi connectivity index (χ0v) is 19.5. The number of benzene rings is 4. The molecule has 1 aliphatic heterocycles. The summed E-state index contributed by atoms with van der Waals surface area (Å²) in [6.45, 7) is 0.543. The van der Waals surface area contributed by atoms with Crippen LogP contribution in [0.3, 0.4) is 0 Å². The third-order valence-corrected chi connectivity index (χ3v) is 8.49. The van der Waals surface area contributed by atoms with Crippen molar-refractivity contribution < 1.29 is 4.74 Å². The lowest BCUT2D eigenvalue weighted by Gasteiger charge is -2.20. The highest BCUT2D eigenvalue weighted by Crippen LogP contribution is 2.35. The molecule has 164 valence electrons. The van der Waals surface area contributed by atoms with Crippen molar-refractivity contribution in [1.82, 2.24) is 4.98 Å². The van der Waals surface area contributed by atoms with Gasteiger partial charge in [0.2, 0.25) is 5.90 Å². The van der Waals surface area contributed by atoms with Crippen LogP contribution in [-0.4, -0.2) is 17.5 Å². The van der Waals surface area contributed by atoms with Gasteiger partial charge in [-0.25, -0.2) is 9.98 Å². The maximum absolute atomic E-state index is 6.02. The van der Waals surface area contributed by atoms with Crippen LogP contribution in [0, 0.1) is 0 Å². The highest BCUT2D eigenvalue weighted by molar-refractivity contribution is 7.80. The van der Waals surface area contributed by atoms with Gasteiger partial charge in [-0.15, -0.1) is 0 Å². The molecule has 1 aromatic heterocycles. The molecule has 0 N–H and O–H groups in total. The second kappa shape index (κ2) is 9.21. The summed E-state index contributed by atoms with van der Waals surface area (Å²) in [6.07, 6.45) is 0. The van der Waals surface area contributed by atoms with E-state index in [4.69, 9.17) is 14.7 Å². The van der Waals surface area contributed by atoms with Crippen molar-refractivity contribution in [3.05, 3.63) is 133 Å². The molecule has 2 heterocycles. The number of rotatable bonds is 5. The molecule has 1 aliphatic rings. The fourth-order valence-electron chi connectivity index (χ4n) is 4.37. The largest absolute Gasteiger partial charge is 0.474 e. The maximum atomic E-state index is 6.02. The lowest BCUT2D eigenvalue weighted by atomic mass is 10.1. The molecule has 0 bridgehead atoms. The first kappa shape index (κ1) is 20.8. The van der Waals surface area contributed by atoms with E-state index in [9.17, 15) is 0 Å². The Balaban J connectivity index is 1.47. The molecule has 0 spiro atoms. The minimum atomic E-state index is -0.758. The molecule has 3 nitrogen and oxygen atoms in total. The van der Waals surface area contributed by atoms with Crippen LogP contribution in [0.5, 0.6) is 0 Å². The monoisotopic (exact) mass is 458 g/mol. The molecule has 0 radical (unpaired) electrons. The van der Waals surface area contributed by atoms with Crippen LogP contribution in [0.4, 0.5) is 0 Å². The second-order valence-electron chi connectivity index (χ2n) is 8.22. The van der Waals surface area contributed by atoms with Crippen LogP contribution >= 0.6 is 7.92 Å². The van der Waals surface area contributed by atoms with Gasteiger partial charge in [0.25, 0.3) is 0 Å². The van der Waals surface area contributed by atoms with E-state index in [1.807, 2.05) is 24.3 Å². The first-order valence-electron chi connectivity index (χ1n) is 11.4. The van der Waals surface area contributed by atoms with Crippen molar-refractivity contribution in [2.45, 2.75) is 6.04 Å². The summed E-state index contributed by atoms with van der Waals surface area (Å²) in [5.74, 6) is 0.620. The van der Waals surface area contributed by atoms with E-state index >= 15 is 0 Å². The van der Waals surface area contributed by atoms with Gasteiger partial charge in [-0.1, -0.05) is 115 Å². The number of ether oxygens (including phenoxy) is 1. The fraction of sp³-hybridized carbons (Fsp3) is 0.0667. The first-order chi connectivity index (χ1) is 16.9. The Morgan fingerprint density at radius 3 is 1.97 bits per heavy atom. The molecule has 34 heavy (non-hydrogen) atoms. The number of aliphatic imine (C=N–C) groups is 1. The maximum Gasteiger partial charge on any atom is 0.236 e. The van der Waals surface area contributed by atoms with Crippen LogP contribution in [0.1, 0.15) is 17.3 Å². The van der Waals surface area contributed by atoms with E-state index in [0.717, 1.165) is 22.2 Å².